The van der Waals surface area contributed by atoms with E-state index in [0.717, 1.165) is 31.8 Å². The number of rotatable bonds is 2. The summed E-state index contributed by atoms with van der Waals surface area (Å²) in [6.45, 7) is 4.33. The Morgan fingerprint density at radius 3 is 2.53 bits per heavy atom. The first kappa shape index (κ1) is 12.9. The summed E-state index contributed by atoms with van der Waals surface area (Å²) < 4.78 is 0. The second-order valence-corrected chi connectivity index (χ2v) is 5.90. The van der Waals surface area contributed by atoms with Crippen molar-refractivity contribution in [2.24, 2.45) is 11.8 Å². The average Bonchev–Trinajstić information content (AvgIpc) is 2.38. The third-order valence-electron chi connectivity index (χ3n) is 4.49. The summed E-state index contributed by atoms with van der Waals surface area (Å²) in [6, 6.07) is 0.501. The van der Waals surface area contributed by atoms with E-state index in [1.165, 1.54) is 25.7 Å². The van der Waals surface area contributed by atoms with E-state index in [0.29, 0.717) is 11.9 Å². The van der Waals surface area contributed by atoms with Crippen LogP contribution >= 0.6 is 0 Å². The molecular weight excluding hydrogens is 212 g/mol. The Balaban J connectivity index is 1.89. The molecule has 0 bridgehead atoms. The van der Waals surface area contributed by atoms with E-state index in [1.54, 1.807) is 0 Å². The van der Waals surface area contributed by atoms with Crippen molar-refractivity contribution in [1.29, 1.82) is 0 Å². The van der Waals surface area contributed by atoms with Gasteiger partial charge in [0.1, 0.15) is 0 Å². The summed E-state index contributed by atoms with van der Waals surface area (Å²) in [5.74, 6) is 1.46. The molecule has 1 saturated carbocycles. The Morgan fingerprint density at radius 2 is 1.88 bits per heavy atom. The molecule has 2 unspecified atom stereocenters. The summed E-state index contributed by atoms with van der Waals surface area (Å²) >= 11 is 0. The summed E-state index contributed by atoms with van der Waals surface area (Å²) in [5.41, 5.74) is 0. The predicted octanol–water partition coefficient (Wildman–Crippen LogP) is 2.02. The molecule has 2 rings (SSSR count). The minimum Gasteiger partial charge on any atom is -0.343 e. The molecule has 17 heavy (non-hydrogen) atoms. The van der Waals surface area contributed by atoms with Crippen LogP contribution in [0.5, 0.6) is 0 Å². The van der Waals surface area contributed by atoms with Crippen LogP contribution in [-0.4, -0.2) is 37.0 Å². The minimum atomic E-state index is 0.276. The number of hydrogen-bond acceptors (Lipinski definition) is 2. The van der Waals surface area contributed by atoms with E-state index >= 15 is 0 Å². The Bertz CT molecular complexity index is 261. The fraction of sp³-hybridized carbons (Fsp3) is 0.929. The zero-order valence-electron chi connectivity index (χ0n) is 11.2. The molecule has 1 aliphatic carbocycles. The molecule has 3 heteroatoms. The summed E-state index contributed by atoms with van der Waals surface area (Å²) in [6.07, 6.45) is 7.07. The third-order valence-corrected chi connectivity index (χ3v) is 4.49. The maximum Gasteiger partial charge on any atom is 0.225 e. The van der Waals surface area contributed by atoms with Crippen LogP contribution in [0.2, 0.25) is 0 Å². The lowest BCUT2D eigenvalue weighted by molar-refractivity contribution is -0.138. The predicted molar refractivity (Wildman–Crippen MR) is 69.8 cm³/mol. The van der Waals surface area contributed by atoms with Gasteiger partial charge in [-0.15, -0.1) is 0 Å². The Labute approximate surface area is 105 Å². The molecule has 2 atom stereocenters. The standard InChI is InChI=1S/C14H26N2O/c1-11-4-3-5-13(10-11)16(2)14(17)12-6-8-15-9-7-12/h11-13,15H,3-10H2,1-2H3. The Morgan fingerprint density at radius 1 is 1.18 bits per heavy atom. The van der Waals surface area contributed by atoms with Gasteiger partial charge in [-0.25, -0.2) is 0 Å². The zero-order valence-corrected chi connectivity index (χ0v) is 11.2. The van der Waals surface area contributed by atoms with Crippen LogP contribution in [0.15, 0.2) is 0 Å². The third kappa shape index (κ3) is 3.21. The molecule has 2 aliphatic rings. The van der Waals surface area contributed by atoms with Gasteiger partial charge in [0.05, 0.1) is 0 Å². The molecule has 98 valence electrons. The first-order chi connectivity index (χ1) is 8.18. The molecule has 0 aromatic carbocycles. The largest absolute Gasteiger partial charge is 0.343 e. The van der Waals surface area contributed by atoms with Crippen molar-refractivity contribution >= 4 is 5.91 Å². The fourth-order valence-electron chi connectivity index (χ4n) is 3.29. The van der Waals surface area contributed by atoms with Crippen LogP contribution in [0.1, 0.15) is 45.4 Å². The maximum absolute atomic E-state index is 12.4. The molecule has 1 N–H and O–H groups in total. The number of nitrogens with one attached hydrogen (secondary N) is 1. The lowest BCUT2D eigenvalue weighted by atomic mass is 9.85. The highest BCUT2D eigenvalue weighted by atomic mass is 16.2. The highest BCUT2D eigenvalue weighted by Gasteiger charge is 2.30. The highest BCUT2D eigenvalue weighted by molar-refractivity contribution is 5.79. The second-order valence-electron chi connectivity index (χ2n) is 5.90. The number of amides is 1. The first-order valence-electron chi connectivity index (χ1n) is 7.16. The number of nitrogens with zero attached hydrogens (tertiary/aromatic N) is 1. The van der Waals surface area contributed by atoms with Crippen molar-refractivity contribution in [2.75, 3.05) is 20.1 Å². The SMILES string of the molecule is CC1CCCC(N(C)C(=O)C2CCNCC2)C1. The number of piperidine rings is 1. The van der Waals surface area contributed by atoms with Gasteiger partial charge in [0, 0.05) is 19.0 Å². The van der Waals surface area contributed by atoms with Crippen molar-refractivity contribution in [3.8, 4) is 0 Å². The van der Waals surface area contributed by atoms with Gasteiger partial charge in [-0.05, 0) is 44.7 Å². The van der Waals surface area contributed by atoms with Crippen molar-refractivity contribution in [2.45, 2.75) is 51.5 Å². The van der Waals surface area contributed by atoms with Crippen molar-refractivity contribution in [1.82, 2.24) is 10.2 Å². The normalized spacial score (nSPS) is 31.2. The van der Waals surface area contributed by atoms with Gasteiger partial charge in [0.2, 0.25) is 5.91 Å². The van der Waals surface area contributed by atoms with Gasteiger partial charge in [-0.1, -0.05) is 19.8 Å². The molecule has 0 aromatic heterocycles. The van der Waals surface area contributed by atoms with Gasteiger partial charge in [-0.3, -0.25) is 4.79 Å². The molecule has 0 radical (unpaired) electrons. The lowest BCUT2D eigenvalue weighted by Crippen LogP contribution is -2.45. The molecule has 0 aromatic rings. The Kier molecular flexibility index (Phi) is 4.43. The van der Waals surface area contributed by atoms with Crippen LogP contribution in [0.4, 0.5) is 0 Å². The van der Waals surface area contributed by atoms with Crippen LogP contribution in [-0.2, 0) is 4.79 Å². The zero-order chi connectivity index (χ0) is 12.3. The van der Waals surface area contributed by atoms with Gasteiger partial charge in [0.25, 0.3) is 0 Å². The maximum atomic E-state index is 12.4. The monoisotopic (exact) mass is 238 g/mol. The van der Waals surface area contributed by atoms with E-state index in [9.17, 15) is 4.79 Å². The summed E-state index contributed by atoms with van der Waals surface area (Å²) in [7, 11) is 2.02. The topological polar surface area (TPSA) is 32.3 Å². The van der Waals surface area contributed by atoms with Crippen LogP contribution in [0.3, 0.4) is 0 Å². The van der Waals surface area contributed by atoms with E-state index in [2.05, 4.69) is 17.1 Å². The van der Waals surface area contributed by atoms with E-state index in [1.807, 2.05) is 7.05 Å². The minimum absolute atomic E-state index is 0.276. The summed E-state index contributed by atoms with van der Waals surface area (Å²) in [5, 5.41) is 3.32. The van der Waals surface area contributed by atoms with Gasteiger partial charge >= 0.3 is 0 Å². The smallest absolute Gasteiger partial charge is 0.225 e. The van der Waals surface area contributed by atoms with E-state index in [4.69, 9.17) is 0 Å². The lowest BCUT2D eigenvalue weighted by Gasteiger charge is -2.36. The Hall–Kier alpha value is -0.570. The highest BCUT2D eigenvalue weighted by Crippen LogP contribution is 2.28. The fourth-order valence-corrected chi connectivity index (χ4v) is 3.29. The number of carbonyl (C=O) groups is 1. The molecule has 1 amide bonds. The molecule has 1 heterocycles. The molecule has 1 aliphatic heterocycles. The van der Waals surface area contributed by atoms with Gasteiger partial charge < -0.3 is 10.2 Å². The van der Waals surface area contributed by atoms with Gasteiger partial charge in [-0.2, -0.15) is 0 Å². The van der Waals surface area contributed by atoms with Crippen LogP contribution in [0.25, 0.3) is 0 Å². The van der Waals surface area contributed by atoms with Crippen molar-refractivity contribution in [3.05, 3.63) is 0 Å². The quantitative estimate of drug-likeness (QED) is 0.798. The molecule has 2 fully saturated rings. The van der Waals surface area contributed by atoms with Crippen LogP contribution in [0, 0.1) is 11.8 Å². The molecule has 0 spiro atoms. The van der Waals surface area contributed by atoms with Gasteiger partial charge in [0.15, 0.2) is 0 Å². The first-order valence-corrected chi connectivity index (χ1v) is 7.16. The van der Waals surface area contributed by atoms with Crippen molar-refractivity contribution < 1.29 is 4.79 Å². The van der Waals surface area contributed by atoms with E-state index < -0.39 is 0 Å². The van der Waals surface area contributed by atoms with Crippen LogP contribution < -0.4 is 5.32 Å². The molecule has 3 nitrogen and oxygen atoms in total. The molecule has 1 saturated heterocycles. The number of hydrogen-bond donors (Lipinski definition) is 1. The van der Waals surface area contributed by atoms with E-state index in [-0.39, 0.29) is 5.92 Å². The number of carbonyl (C=O) groups excluding carboxylic acids is 1. The summed E-state index contributed by atoms with van der Waals surface area (Å²) in [4.78, 5) is 14.5. The van der Waals surface area contributed by atoms with Crippen molar-refractivity contribution in [3.63, 3.8) is 0 Å². The second kappa shape index (κ2) is 5.85. The molecular formula is C14H26N2O. The average molecular weight is 238 g/mol.